The molecule has 3 unspecified atom stereocenters. The monoisotopic (exact) mass is 301 g/mol. The molecule has 1 fully saturated rings. The zero-order valence-electron chi connectivity index (χ0n) is 13.4. The van der Waals surface area contributed by atoms with Gasteiger partial charge in [-0.2, -0.15) is 0 Å². The molecule has 3 atom stereocenters. The molecule has 0 radical (unpaired) electrons. The van der Waals surface area contributed by atoms with E-state index in [9.17, 15) is 9.59 Å². The minimum absolute atomic E-state index is 0.0424. The molecule has 1 amide bonds. The second-order valence-corrected chi connectivity index (χ2v) is 9.08. The number of esters is 1. The zero-order valence-corrected chi connectivity index (χ0v) is 14.5. The SMILES string of the molecule is CCC(=O)OC1NC(=O)C1C(CO[SiH](C)C)C(C)(C)C. The number of hydrogen-bond acceptors (Lipinski definition) is 4. The third kappa shape index (κ3) is 4.31. The summed E-state index contributed by atoms with van der Waals surface area (Å²) in [5.74, 6) is -0.598. The Morgan fingerprint density at radius 2 is 2.00 bits per heavy atom. The molecule has 6 heteroatoms. The van der Waals surface area contributed by atoms with Crippen LogP contribution < -0.4 is 5.32 Å². The molecule has 5 nitrogen and oxygen atoms in total. The quantitative estimate of drug-likeness (QED) is 0.460. The van der Waals surface area contributed by atoms with Gasteiger partial charge >= 0.3 is 5.97 Å². The summed E-state index contributed by atoms with van der Waals surface area (Å²) in [5.41, 5.74) is -0.0808. The second-order valence-electron chi connectivity index (χ2n) is 6.65. The van der Waals surface area contributed by atoms with Crippen LogP contribution in [0.3, 0.4) is 0 Å². The van der Waals surface area contributed by atoms with Crippen LogP contribution in [-0.4, -0.2) is 33.8 Å². The van der Waals surface area contributed by atoms with E-state index < -0.39 is 15.3 Å². The summed E-state index contributed by atoms with van der Waals surface area (Å²) in [6.07, 6.45) is -0.189. The molecule has 116 valence electrons. The maximum absolute atomic E-state index is 11.9. The number of rotatable bonds is 6. The Kier molecular flexibility index (Phi) is 5.76. The molecule has 20 heavy (non-hydrogen) atoms. The van der Waals surface area contributed by atoms with Crippen LogP contribution in [0.1, 0.15) is 34.1 Å². The van der Waals surface area contributed by atoms with Gasteiger partial charge < -0.3 is 14.5 Å². The number of ether oxygens (including phenoxy) is 1. The summed E-state index contributed by atoms with van der Waals surface area (Å²) in [4.78, 5) is 23.3. The number of amides is 1. The van der Waals surface area contributed by atoms with Gasteiger partial charge in [0.25, 0.3) is 0 Å². The minimum atomic E-state index is -1.14. The van der Waals surface area contributed by atoms with Gasteiger partial charge in [-0.3, -0.25) is 9.59 Å². The Labute approximate surface area is 123 Å². The molecule has 0 spiro atoms. The second kappa shape index (κ2) is 6.71. The lowest BCUT2D eigenvalue weighted by atomic mass is 9.70. The predicted molar refractivity (Wildman–Crippen MR) is 79.6 cm³/mol. The van der Waals surface area contributed by atoms with Crippen molar-refractivity contribution in [3.05, 3.63) is 0 Å². The maximum Gasteiger partial charge on any atom is 0.307 e. The van der Waals surface area contributed by atoms with Gasteiger partial charge in [0.05, 0.1) is 5.92 Å². The summed E-state index contributed by atoms with van der Waals surface area (Å²) in [6, 6.07) is 0. The summed E-state index contributed by atoms with van der Waals surface area (Å²) in [7, 11) is -1.14. The molecule has 1 rings (SSSR count). The molecular formula is C14H27NO4Si. The van der Waals surface area contributed by atoms with E-state index >= 15 is 0 Å². The third-order valence-electron chi connectivity index (χ3n) is 3.62. The van der Waals surface area contributed by atoms with Gasteiger partial charge in [-0.1, -0.05) is 27.7 Å². The number of hydrogen-bond donors (Lipinski definition) is 1. The van der Waals surface area contributed by atoms with Gasteiger partial charge in [-0.05, 0) is 18.5 Å². The fourth-order valence-corrected chi connectivity index (χ4v) is 2.87. The summed E-state index contributed by atoms with van der Waals surface area (Å²) in [6.45, 7) is 12.8. The van der Waals surface area contributed by atoms with E-state index in [0.29, 0.717) is 13.0 Å². The largest absolute Gasteiger partial charge is 0.441 e. The number of carbonyl (C=O) groups excluding carboxylic acids is 2. The average molecular weight is 301 g/mol. The molecule has 0 aromatic heterocycles. The topological polar surface area (TPSA) is 64.6 Å². The van der Waals surface area contributed by atoms with Gasteiger partial charge in [0.1, 0.15) is 0 Å². The van der Waals surface area contributed by atoms with Crippen molar-refractivity contribution < 1.29 is 18.8 Å². The molecule has 1 saturated heterocycles. The molecule has 1 aliphatic heterocycles. The lowest BCUT2D eigenvalue weighted by molar-refractivity contribution is -0.177. The molecule has 1 N–H and O–H groups in total. The summed E-state index contributed by atoms with van der Waals surface area (Å²) in [5, 5.41) is 2.67. The Balaban J connectivity index is 2.77. The Bertz CT molecular complexity index is 365. The minimum Gasteiger partial charge on any atom is -0.441 e. The first-order chi connectivity index (χ1) is 9.16. The van der Waals surface area contributed by atoms with Crippen molar-refractivity contribution >= 4 is 20.9 Å². The molecule has 0 aromatic rings. The first kappa shape index (κ1) is 17.2. The van der Waals surface area contributed by atoms with E-state index in [-0.39, 0.29) is 29.1 Å². The molecule has 0 bridgehead atoms. The van der Waals surface area contributed by atoms with Crippen LogP contribution in [-0.2, 0) is 18.8 Å². The van der Waals surface area contributed by atoms with E-state index in [1.165, 1.54) is 0 Å². The highest BCUT2D eigenvalue weighted by Gasteiger charge is 2.50. The smallest absolute Gasteiger partial charge is 0.307 e. The van der Waals surface area contributed by atoms with Crippen LogP contribution >= 0.6 is 0 Å². The van der Waals surface area contributed by atoms with Crippen molar-refractivity contribution in [2.75, 3.05) is 6.61 Å². The maximum atomic E-state index is 11.9. The highest BCUT2D eigenvalue weighted by atomic mass is 28.3. The first-order valence-electron chi connectivity index (χ1n) is 7.28. The molecule has 0 saturated carbocycles. The first-order valence-corrected chi connectivity index (χ1v) is 10.1. The van der Waals surface area contributed by atoms with E-state index in [1.54, 1.807) is 6.92 Å². The van der Waals surface area contributed by atoms with Crippen molar-refractivity contribution in [1.29, 1.82) is 0 Å². The van der Waals surface area contributed by atoms with Gasteiger partial charge in [-0.15, -0.1) is 0 Å². The number of β-lactam (4-membered cyclic amide) rings is 1. The van der Waals surface area contributed by atoms with E-state index in [0.717, 1.165) is 0 Å². The van der Waals surface area contributed by atoms with Crippen molar-refractivity contribution in [3.8, 4) is 0 Å². The van der Waals surface area contributed by atoms with Gasteiger partial charge in [-0.25, -0.2) is 0 Å². The molecule has 0 aliphatic carbocycles. The Morgan fingerprint density at radius 1 is 1.40 bits per heavy atom. The molecular weight excluding hydrogens is 274 g/mol. The van der Waals surface area contributed by atoms with Crippen molar-refractivity contribution in [2.45, 2.75) is 53.4 Å². The number of nitrogens with one attached hydrogen (secondary N) is 1. The zero-order chi connectivity index (χ0) is 15.5. The van der Waals surface area contributed by atoms with Crippen LogP contribution in [0.2, 0.25) is 13.1 Å². The standard InChI is InChI=1S/C14H27NO4Si/c1-7-10(16)19-13-11(12(17)15-13)9(14(2,3)4)8-18-20(5)6/h9,11,13,20H,7-8H2,1-6H3,(H,15,17). The lowest BCUT2D eigenvalue weighted by Crippen LogP contribution is -2.64. The average Bonchev–Trinajstić information content (AvgIpc) is 2.31. The highest BCUT2D eigenvalue weighted by molar-refractivity contribution is 6.48. The number of carbonyl (C=O) groups is 2. The van der Waals surface area contributed by atoms with Gasteiger partial charge in [0, 0.05) is 18.9 Å². The van der Waals surface area contributed by atoms with Crippen molar-refractivity contribution in [3.63, 3.8) is 0 Å². The predicted octanol–water partition coefficient (Wildman–Crippen LogP) is 1.67. The fraction of sp³-hybridized carbons (Fsp3) is 0.857. The van der Waals surface area contributed by atoms with Gasteiger partial charge in [0.2, 0.25) is 5.91 Å². The third-order valence-corrected chi connectivity index (χ3v) is 4.47. The Morgan fingerprint density at radius 3 is 2.40 bits per heavy atom. The van der Waals surface area contributed by atoms with Crippen molar-refractivity contribution in [2.24, 2.45) is 17.3 Å². The van der Waals surface area contributed by atoms with E-state index in [1.807, 2.05) is 0 Å². The molecule has 1 heterocycles. The van der Waals surface area contributed by atoms with Crippen LogP contribution in [0.5, 0.6) is 0 Å². The normalized spacial score (nSPS) is 24.1. The van der Waals surface area contributed by atoms with E-state index in [4.69, 9.17) is 9.16 Å². The fourth-order valence-electron chi connectivity index (χ4n) is 2.28. The Hall–Kier alpha value is -0.883. The van der Waals surface area contributed by atoms with E-state index in [2.05, 4.69) is 39.2 Å². The van der Waals surface area contributed by atoms with Crippen LogP contribution in [0.15, 0.2) is 0 Å². The molecule has 1 aliphatic rings. The lowest BCUT2D eigenvalue weighted by Gasteiger charge is -2.45. The summed E-state index contributed by atoms with van der Waals surface area (Å²) >= 11 is 0. The van der Waals surface area contributed by atoms with Crippen LogP contribution in [0.4, 0.5) is 0 Å². The van der Waals surface area contributed by atoms with Crippen molar-refractivity contribution in [1.82, 2.24) is 5.32 Å². The summed E-state index contributed by atoms with van der Waals surface area (Å²) < 4.78 is 11.1. The van der Waals surface area contributed by atoms with Gasteiger partial charge in [0.15, 0.2) is 15.3 Å². The highest BCUT2D eigenvalue weighted by Crippen LogP contribution is 2.38. The van der Waals surface area contributed by atoms with Crippen LogP contribution in [0.25, 0.3) is 0 Å². The van der Waals surface area contributed by atoms with Crippen LogP contribution in [0, 0.1) is 17.3 Å². The molecule has 0 aromatic carbocycles.